The molecule has 19 heavy (non-hydrogen) atoms. The molecule has 0 radical (unpaired) electrons. The molecule has 1 atom stereocenters. The van der Waals surface area contributed by atoms with Crippen molar-refractivity contribution in [2.24, 2.45) is 0 Å². The van der Waals surface area contributed by atoms with Crippen molar-refractivity contribution in [1.29, 1.82) is 0 Å². The molecule has 1 aliphatic rings. The van der Waals surface area contributed by atoms with Crippen LogP contribution in [-0.2, 0) is 9.84 Å². The van der Waals surface area contributed by atoms with Crippen molar-refractivity contribution in [3.05, 3.63) is 27.3 Å². The number of benzene rings is 1. The van der Waals surface area contributed by atoms with E-state index in [4.69, 9.17) is 0 Å². The van der Waals surface area contributed by atoms with Crippen LogP contribution >= 0.6 is 22.6 Å². The van der Waals surface area contributed by atoms with E-state index in [9.17, 15) is 18.3 Å². The second-order valence-electron chi connectivity index (χ2n) is 4.59. The zero-order valence-electron chi connectivity index (χ0n) is 10.1. The van der Waals surface area contributed by atoms with E-state index in [0.29, 0.717) is 22.0 Å². The number of aromatic hydroxyl groups is 1. The Bertz CT molecular complexity index is 600. The first kappa shape index (κ1) is 14.6. The number of sulfone groups is 1. The van der Waals surface area contributed by atoms with Crippen LogP contribution in [0, 0.1) is 3.57 Å². The van der Waals surface area contributed by atoms with Gasteiger partial charge >= 0.3 is 0 Å². The molecule has 1 aromatic rings. The number of rotatable bonds is 2. The van der Waals surface area contributed by atoms with E-state index >= 15 is 0 Å². The highest BCUT2D eigenvalue weighted by atomic mass is 127. The van der Waals surface area contributed by atoms with Gasteiger partial charge in [-0.25, -0.2) is 8.42 Å². The van der Waals surface area contributed by atoms with Gasteiger partial charge in [0.15, 0.2) is 9.84 Å². The summed E-state index contributed by atoms with van der Waals surface area (Å²) in [6, 6.07) is 4.29. The molecule has 1 aromatic carbocycles. The number of carbonyl (C=O) groups excluding carboxylic acids is 1. The van der Waals surface area contributed by atoms with Crippen molar-refractivity contribution in [2.75, 3.05) is 11.5 Å². The van der Waals surface area contributed by atoms with E-state index < -0.39 is 9.84 Å². The Morgan fingerprint density at radius 3 is 2.79 bits per heavy atom. The molecule has 5 nitrogen and oxygen atoms in total. The van der Waals surface area contributed by atoms with Crippen LogP contribution in [0.15, 0.2) is 18.2 Å². The largest absolute Gasteiger partial charge is 0.507 e. The van der Waals surface area contributed by atoms with Gasteiger partial charge in [0, 0.05) is 11.6 Å². The molecule has 1 aliphatic heterocycles. The van der Waals surface area contributed by atoms with Crippen LogP contribution in [0.4, 0.5) is 0 Å². The van der Waals surface area contributed by atoms with Crippen LogP contribution < -0.4 is 5.32 Å². The molecule has 0 aromatic heterocycles. The fourth-order valence-electron chi connectivity index (χ4n) is 2.06. The second-order valence-corrected chi connectivity index (χ2v) is 7.98. The summed E-state index contributed by atoms with van der Waals surface area (Å²) in [5.41, 5.74) is 0.334. The highest BCUT2D eigenvalue weighted by Crippen LogP contribution is 2.21. The number of hydrogen-bond donors (Lipinski definition) is 2. The summed E-state index contributed by atoms with van der Waals surface area (Å²) in [7, 11) is -3.04. The van der Waals surface area contributed by atoms with Crippen molar-refractivity contribution in [3.63, 3.8) is 0 Å². The molecule has 104 valence electrons. The average molecular weight is 395 g/mol. The fraction of sp³-hybridized carbons (Fsp3) is 0.417. The molecule has 0 spiro atoms. The zero-order chi connectivity index (χ0) is 14.0. The fourth-order valence-corrected chi connectivity index (χ4v) is 4.03. The lowest BCUT2D eigenvalue weighted by Gasteiger charge is -2.23. The smallest absolute Gasteiger partial charge is 0.251 e. The maximum absolute atomic E-state index is 12.0. The number of phenolic OH excluding ortho intramolecular Hbond substituents is 1. The minimum absolute atomic E-state index is 0.00487. The van der Waals surface area contributed by atoms with Crippen molar-refractivity contribution in [2.45, 2.75) is 18.9 Å². The predicted octanol–water partition coefficient (Wildman–Crippen LogP) is 1.30. The molecular formula is C12H14INO4S. The van der Waals surface area contributed by atoms with Gasteiger partial charge in [-0.05, 0) is 53.6 Å². The molecule has 1 fully saturated rings. The summed E-state index contributed by atoms with van der Waals surface area (Å²) < 4.78 is 23.6. The van der Waals surface area contributed by atoms with Gasteiger partial charge < -0.3 is 10.4 Å². The van der Waals surface area contributed by atoms with Crippen LogP contribution in [-0.4, -0.2) is 37.0 Å². The van der Waals surface area contributed by atoms with Gasteiger partial charge in [0.1, 0.15) is 5.75 Å². The Labute approximate surface area is 125 Å². The number of nitrogens with one attached hydrogen (secondary N) is 1. The lowest BCUT2D eigenvalue weighted by molar-refractivity contribution is 0.0938. The predicted molar refractivity (Wildman–Crippen MR) is 80.0 cm³/mol. The van der Waals surface area contributed by atoms with E-state index in [0.717, 1.165) is 0 Å². The lowest BCUT2D eigenvalue weighted by atomic mass is 10.1. The third-order valence-corrected chi connectivity index (χ3v) is 5.74. The number of halogens is 1. The monoisotopic (exact) mass is 395 g/mol. The van der Waals surface area contributed by atoms with E-state index in [-0.39, 0.29) is 29.2 Å². The molecule has 1 heterocycles. The molecule has 1 amide bonds. The first-order chi connectivity index (χ1) is 8.87. The normalized spacial score (nSPS) is 21.8. The van der Waals surface area contributed by atoms with Gasteiger partial charge in [-0.2, -0.15) is 0 Å². The SMILES string of the molecule is O=C(NC1CCCS(=O)(=O)C1)c1ccc(I)c(O)c1. The number of phenols is 1. The molecular weight excluding hydrogens is 381 g/mol. The Morgan fingerprint density at radius 2 is 2.16 bits per heavy atom. The van der Waals surface area contributed by atoms with Gasteiger partial charge in [-0.15, -0.1) is 0 Å². The summed E-state index contributed by atoms with van der Waals surface area (Å²) in [5.74, 6) is -0.114. The van der Waals surface area contributed by atoms with Crippen LogP contribution in [0.3, 0.4) is 0 Å². The van der Waals surface area contributed by atoms with E-state index in [2.05, 4.69) is 5.32 Å². The summed E-state index contributed by atoms with van der Waals surface area (Å²) in [5, 5.41) is 12.3. The van der Waals surface area contributed by atoms with Crippen LogP contribution in [0.1, 0.15) is 23.2 Å². The minimum Gasteiger partial charge on any atom is -0.507 e. The van der Waals surface area contributed by atoms with E-state index in [1.54, 1.807) is 12.1 Å². The Balaban J connectivity index is 2.06. The Morgan fingerprint density at radius 1 is 1.42 bits per heavy atom. The maximum Gasteiger partial charge on any atom is 0.251 e. The summed E-state index contributed by atoms with van der Waals surface area (Å²) in [4.78, 5) is 12.0. The van der Waals surface area contributed by atoms with Gasteiger partial charge in [-0.3, -0.25) is 4.79 Å². The molecule has 7 heteroatoms. The van der Waals surface area contributed by atoms with Gasteiger partial charge in [0.2, 0.25) is 0 Å². The topological polar surface area (TPSA) is 83.5 Å². The van der Waals surface area contributed by atoms with Crippen molar-refractivity contribution in [3.8, 4) is 5.75 Å². The maximum atomic E-state index is 12.0. The molecule has 2 N–H and O–H groups in total. The molecule has 2 rings (SSSR count). The number of hydrogen-bond acceptors (Lipinski definition) is 4. The molecule has 0 saturated carbocycles. The summed E-state index contributed by atoms with van der Waals surface area (Å²) in [6.07, 6.45) is 1.24. The minimum atomic E-state index is -3.04. The van der Waals surface area contributed by atoms with Crippen molar-refractivity contribution in [1.82, 2.24) is 5.32 Å². The van der Waals surface area contributed by atoms with Crippen LogP contribution in [0.5, 0.6) is 5.75 Å². The molecule has 0 bridgehead atoms. The third-order valence-electron chi connectivity index (χ3n) is 3.01. The second kappa shape index (κ2) is 5.66. The zero-order valence-corrected chi connectivity index (χ0v) is 13.1. The van der Waals surface area contributed by atoms with Crippen molar-refractivity contribution >= 4 is 38.3 Å². The highest BCUT2D eigenvalue weighted by Gasteiger charge is 2.26. The quantitative estimate of drug-likeness (QED) is 0.740. The lowest BCUT2D eigenvalue weighted by Crippen LogP contribution is -2.43. The highest BCUT2D eigenvalue weighted by molar-refractivity contribution is 14.1. The van der Waals surface area contributed by atoms with Gasteiger partial charge in [0.25, 0.3) is 5.91 Å². The van der Waals surface area contributed by atoms with E-state index in [1.807, 2.05) is 22.6 Å². The first-order valence-corrected chi connectivity index (χ1v) is 8.77. The van der Waals surface area contributed by atoms with Gasteiger partial charge in [0.05, 0.1) is 15.1 Å². The summed E-state index contributed by atoms with van der Waals surface area (Å²) in [6.45, 7) is 0. The summed E-state index contributed by atoms with van der Waals surface area (Å²) >= 11 is 1.96. The van der Waals surface area contributed by atoms with Crippen LogP contribution in [0.2, 0.25) is 0 Å². The molecule has 1 saturated heterocycles. The first-order valence-electron chi connectivity index (χ1n) is 5.87. The average Bonchev–Trinajstić information content (AvgIpc) is 2.31. The number of carbonyl (C=O) groups is 1. The van der Waals surface area contributed by atoms with Crippen LogP contribution in [0.25, 0.3) is 0 Å². The van der Waals surface area contributed by atoms with Crippen molar-refractivity contribution < 1.29 is 18.3 Å². The molecule has 1 unspecified atom stereocenters. The standard InChI is InChI=1S/C12H14INO4S/c13-10-4-3-8(6-11(10)15)12(16)14-9-2-1-5-19(17,18)7-9/h3-4,6,9,15H,1-2,5,7H2,(H,14,16). The van der Waals surface area contributed by atoms with E-state index in [1.165, 1.54) is 6.07 Å². The number of amides is 1. The third kappa shape index (κ3) is 3.82. The van der Waals surface area contributed by atoms with Gasteiger partial charge in [-0.1, -0.05) is 0 Å². The Kier molecular flexibility index (Phi) is 4.34. The Hall–Kier alpha value is -0.830. The molecule has 0 aliphatic carbocycles.